The summed E-state index contributed by atoms with van der Waals surface area (Å²) in [6, 6.07) is 6.70. The van der Waals surface area contributed by atoms with Crippen LogP contribution in [0.15, 0.2) is 24.3 Å². The monoisotopic (exact) mass is 328 g/mol. The Morgan fingerprint density at radius 1 is 1.41 bits per heavy atom. The molecule has 0 spiro atoms. The molecule has 0 aliphatic heterocycles. The number of carbonyl (C=O) groups is 1. The van der Waals surface area contributed by atoms with Gasteiger partial charge in [0.25, 0.3) is 0 Å². The van der Waals surface area contributed by atoms with Crippen molar-refractivity contribution < 1.29 is 9.18 Å². The molecule has 1 aromatic rings. The van der Waals surface area contributed by atoms with E-state index in [1.807, 2.05) is 19.9 Å². The molecular formula is C17H26ClFN2O. The van der Waals surface area contributed by atoms with Crippen LogP contribution in [0.5, 0.6) is 0 Å². The minimum Gasteiger partial charge on any atom is -0.355 e. The van der Waals surface area contributed by atoms with Crippen LogP contribution in [0.4, 0.5) is 4.39 Å². The fourth-order valence-corrected chi connectivity index (χ4v) is 2.93. The molecule has 2 rings (SSSR count). The Labute approximate surface area is 138 Å². The molecular weight excluding hydrogens is 303 g/mol. The molecule has 5 heteroatoms. The van der Waals surface area contributed by atoms with E-state index < -0.39 is 0 Å². The third-order valence-corrected chi connectivity index (χ3v) is 4.40. The lowest BCUT2D eigenvalue weighted by atomic mass is 9.83. The predicted octanol–water partition coefficient (Wildman–Crippen LogP) is 3.16. The molecule has 0 bridgehead atoms. The van der Waals surface area contributed by atoms with Crippen molar-refractivity contribution in [2.75, 3.05) is 6.54 Å². The number of hydrogen-bond donors (Lipinski definition) is 2. The number of nitrogens with two attached hydrogens (primary N) is 1. The molecule has 1 amide bonds. The van der Waals surface area contributed by atoms with E-state index in [0.29, 0.717) is 6.54 Å². The highest BCUT2D eigenvalue weighted by Gasteiger charge is 2.27. The van der Waals surface area contributed by atoms with E-state index in [-0.39, 0.29) is 41.5 Å². The summed E-state index contributed by atoms with van der Waals surface area (Å²) < 4.78 is 13.3. The van der Waals surface area contributed by atoms with E-state index in [4.69, 9.17) is 5.73 Å². The minimum absolute atomic E-state index is 0. The van der Waals surface area contributed by atoms with Crippen molar-refractivity contribution in [1.29, 1.82) is 0 Å². The lowest BCUT2D eigenvalue weighted by Crippen LogP contribution is -2.42. The van der Waals surface area contributed by atoms with Gasteiger partial charge in [-0.15, -0.1) is 12.4 Å². The maximum atomic E-state index is 13.3. The summed E-state index contributed by atoms with van der Waals surface area (Å²) in [4.78, 5) is 12.2. The van der Waals surface area contributed by atoms with Gasteiger partial charge in [-0.2, -0.15) is 0 Å². The molecule has 1 aliphatic rings. The summed E-state index contributed by atoms with van der Waals surface area (Å²) in [5.74, 6) is -0.142. The molecule has 2 atom stereocenters. The Morgan fingerprint density at radius 3 is 2.77 bits per heavy atom. The predicted molar refractivity (Wildman–Crippen MR) is 89.6 cm³/mol. The Balaban J connectivity index is 0.00000242. The van der Waals surface area contributed by atoms with Crippen LogP contribution in [-0.2, 0) is 10.2 Å². The van der Waals surface area contributed by atoms with Crippen molar-refractivity contribution in [3.63, 3.8) is 0 Å². The third kappa shape index (κ3) is 4.96. The normalized spacial score (nSPS) is 21.8. The molecule has 3 nitrogen and oxygen atoms in total. The van der Waals surface area contributed by atoms with Crippen molar-refractivity contribution in [3.05, 3.63) is 35.6 Å². The zero-order chi connectivity index (χ0) is 15.5. The molecule has 0 aromatic heterocycles. The second-order valence-electron chi connectivity index (χ2n) is 6.74. The number of amides is 1. The molecule has 1 fully saturated rings. The molecule has 2 unspecified atom stereocenters. The van der Waals surface area contributed by atoms with E-state index in [1.54, 1.807) is 6.07 Å². The number of rotatable bonds is 4. The first-order valence-electron chi connectivity index (χ1n) is 7.68. The Hall–Kier alpha value is -1.13. The number of carbonyl (C=O) groups excluding carboxylic acids is 1. The molecule has 0 radical (unpaired) electrons. The molecule has 1 aliphatic carbocycles. The van der Waals surface area contributed by atoms with E-state index in [9.17, 15) is 9.18 Å². The van der Waals surface area contributed by atoms with Crippen LogP contribution in [0.2, 0.25) is 0 Å². The van der Waals surface area contributed by atoms with Gasteiger partial charge in [-0.3, -0.25) is 4.79 Å². The average Bonchev–Trinajstić information content (AvgIpc) is 2.45. The lowest BCUT2D eigenvalue weighted by Gasteiger charge is -2.29. The Morgan fingerprint density at radius 2 is 2.14 bits per heavy atom. The molecule has 3 N–H and O–H groups in total. The Kier molecular flexibility index (Phi) is 6.82. The number of hydrogen-bond acceptors (Lipinski definition) is 2. The van der Waals surface area contributed by atoms with Gasteiger partial charge in [0.05, 0.1) is 0 Å². The molecule has 1 aromatic carbocycles. The maximum Gasteiger partial charge on any atom is 0.223 e. The first-order chi connectivity index (χ1) is 9.88. The van der Waals surface area contributed by atoms with Crippen molar-refractivity contribution in [3.8, 4) is 0 Å². The summed E-state index contributed by atoms with van der Waals surface area (Å²) in [7, 11) is 0. The van der Waals surface area contributed by atoms with Crippen LogP contribution in [0.1, 0.15) is 45.1 Å². The molecule has 0 heterocycles. The van der Waals surface area contributed by atoms with Gasteiger partial charge in [-0.05, 0) is 37.0 Å². The number of benzene rings is 1. The fraction of sp³-hybridized carbons (Fsp3) is 0.588. The highest BCUT2D eigenvalue weighted by molar-refractivity contribution is 5.85. The van der Waals surface area contributed by atoms with Crippen LogP contribution in [-0.4, -0.2) is 18.5 Å². The quantitative estimate of drug-likeness (QED) is 0.892. The summed E-state index contributed by atoms with van der Waals surface area (Å²) in [5, 5.41) is 3.01. The SMILES string of the molecule is CC(C)(CNC(=O)C1CCCC(N)C1)c1cccc(F)c1.Cl. The lowest BCUT2D eigenvalue weighted by molar-refractivity contribution is -0.126. The van der Waals surface area contributed by atoms with E-state index in [1.165, 1.54) is 12.1 Å². The molecule has 0 saturated heterocycles. The van der Waals surface area contributed by atoms with Gasteiger partial charge in [0.15, 0.2) is 0 Å². The standard InChI is InChI=1S/C17H25FN2O.ClH/c1-17(2,13-6-4-7-14(18)10-13)11-20-16(21)12-5-3-8-15(19)9-12;/h4,6-7,10,12,15H,3,5,8-9,11,19H2,1-2H3,(H,20,21);1H. The second-order valence-corrected chi connectivity index (χ2v) is 6.74. The van der Waals surface area contributed by atoms with Crippen molar-refractivity contribution in [1.82, 2.24) is 5.32 Å². The third-order valence-electron chi connectivity index (χ3n) is 4.40. The largest absolute Gasteiger partial charge is 0.355 e. The van der Waals surface area contributed by atoms with E-state index >= 15 is 0 Å². The minimum atomic E-state index is -0.297. The van der Waals surface area contributed by atoms with Crippen LogP contribution in [0.25, 0.3) is 0 Å². The maximum absolute atomic E-state index is 13.3. The average molecular weight is 329 g/mol. The smallest absolute Gasteiger partial charge is 0.223 e. The first-order valence-corrected chi connectivity index (χ1v) is 7.68. The van der Waals surface area contributed by atoms with Gasteiger partial charge in [0, 0.05) is 23.9 Å². The van der Waals surface area contributed by atoms with Gasteiger partial charge < -0.3 is 11.1 Å². The highest BCUT2D eigenvalue weighted by Crippen LogP contribution is 2.25. The van der Waals surface area contributed by atoms with Gasteiger partial charge in [-0.25, -0.2) is 4.39 Å². The van der Waals surface area contributed by atoms with E-state index in [0.717, 1.165) is 31.2 Å². The van der Waals surface area contributed by atoms with Gasteiger partial charge in [0.1, 0.15) is 5.82 Å². The van der Waals surface area contributed by atoms with Crippen LogP contribution >= 0.6 is 12.4 Å². The zero-order valence-corrected chi connectivity index (χ0v) is 14.1. The topological polar surface area (TPSA) is 55.1 Å². The van der Waals surface area contributed by atoms with Crippen molar-refractivity contribution >= 4 is 18.3 Å². The number of nitrogens with one attached hydrogen (secondary N) is 1. The van der Waals surface area contributed by atoms with Gasteiger partial charge in [0.2, 0.25) is 5.91 Å². The number of halogens is 2. The summed E-state index contributed by atoms with van der Waals surface area (Å²) >= 11 is 0. The first kappa shape index (κ1) is 18.9. The van der Waals surface area contributed by atoms with Gasteiger partial charge >= 0.3 is 0 Å². The fourth-order valence-electron chi connectivity index (χ4n) is 2.93. The summed E-state index contributed by atoms with van der Waals surface area (Å²) in [6.45, 7) is 4.52. The second kappa shape index (κ2) is 7.93. The highest BCUT2D eigenvalue weighted by atomic mass is 35.5. The summed E-state index contributed by atoms with van der Waals surface area (Å²) in [6.07, 6.45) is 3.72. The molecule has 22 heavy (non-hydrogen) atoms. The zero-order valence-electron chi connectivity index (χ0n) is 13.3. The van der Waals surface area contributed by atoms with Crippen LogP contribution in [0, 0.1) is 11.7 Å². The molecule has 1 saturated carbocycles. The van der Waals surface area contributed by atoms with Crippen LogP contribution in [0.3, 0.4) is 0 Å². The Bertz CT molecular complexity index is 507. The van der Waals surface area contributed by atoms with E-state index in [2.05, 4.69) is 5.32 Å². The van der Waals surface area contributed by atoms with Crippen LogP contribution < -0.4 is 11.1 Å². The molecule has 124 valence electrons. The van der Waals surface area contributed by atoms with Crippen molar-refractivity contribution in [2.45, 2.75) is 51.0 Å². The van der Waals surface area contributed by atoms with Gasteiger partial charge in [-0.1, -0.05) is 32.4 Å². The van der Waals surface area contributed by atoms with Crippen molar-refractivity contribution in [2.24, 2.45) is 11.7 Å². The summed E-state index contributed by atoms with van der Waals surface area (Å²) in [5.41, 5.74) is 6.53.